The number of rotatable bonds is 0. The summed E-state index contributed by atoms with van der Waals surface area (Å²) in [5, 5.41) is 22.2. The molecular weight excluding hydrogens is 291 g/mol. The molecule has 0 spiro atoms. The smallest absolute Gasteiger partial charge is 0.123 e. The normalized spacial score (nSPS) is 21.1. The average Bonchev–Trinajstić information content (AvgIpc) is 2.85. The van der Waals surface area contributed by atoms with Gasteiger partial charge in [0.05, 0.1) is 0 Å². The molecule has 2 aliphatic rings. The van der Waals surface area contributed by atoms with Crippen molar-refractivity contribution in [3.63, 3.8) is 0 Å². The summed E-state index contributed by atoms with van der Waals surface area (Å²) in [6.45, 7) is 0. The molecule has 0 radical (unpaired) electrons. The van der Waals surface area contributed by atoms with E-state index in [9.17, 15) is 14.6 Å². The number of fused-ring (bicyclic) bond motifs is 4. The lowest BCUT2D eigenvalue weighted by atomic mass is 9.86. The van der Waals surface area contributed by atoms with Crippen LogP contribution in [-0.4, -0.2) is 16.3 Å². The number of benzene rings is 3. The first-order chi connectivity index (χ1) is 11.1. The molecular formula is C20H13FO2. The maximum absolute atomic E-state index is 13.5. The van der Waals surface area contributed by atoms with Gasteiger partial charge in [0.1, 0.15) is 18.0 Å². The molecule has 3 heteroatoms. The minimum Gasteiger partial charge on any atom is -0.386 e. The second-order valence-electron chi connectivity index (χ2n) is 6.17. The SMILES string of the molecule is OC1C=C2c3cc4ccc(F)cc4cc3-c3cccc(c32)C1O. The van der Waals surface area contributed by atoms with Gasteiger partial charge in [0.2, 0.25) is 0 Å². The van der Waals surface area contributed by atoms with E-state index >= 15 is 0 Å². The van der Waals surface area contributed by atoms with Gasteiger partial charge in [0.15, 0.2) is 0 Å². The molecule has 2 N–H and O–H groups in total. The maximum atomic E-state index is 13.5. The Morgan fingerprint density at radius 1 is 0.826 bits per heavy atom. The Morgan fingerprint density at radius 2 is 1.65 bits per heavy atom. The first-order valence-corrected chi connectivity index (χ1v) is 7.59. The van der Waals surface area contributed by atoms with Crippen LogP contribution in [0.25, 0.3) is 27.5 Å². The zero-order valence-electron chi connectivity index (χ0n) is 12.1. The average molecular weight is 304 g/mol. The van der Waals surface area contributed by atoms with Crippen LogP contribution >= 0.6 is 0 Å². The Bertz CT molecular complexity index is 1020. The third-order valence-corrected chi connectivity index (χ3v) is 4.86. The first-order valence-electron chi connectivity index (χ1n) is 7.59. The van der Waals surface area contributed by atoms with Crippen LogP contribution in [0.2, 0.25) is 0 Å². The van der Waals surface area contributed by atoms with Crippen molar-refractivity contribution in [1.82, 2.24) is 0 Å². The van der Waals surface area contributed by atoms with E-state index in [0.29, 0.717) is 0 Å². The molecule has 0 saturated carbocycles. The summed E-state index contributed by atoms with van der Waals surface area (Å²) in [7, 11) is 0. The van der Waals surface area contributed by atoms with Gasteiger partial charge in [-0.25, -0.2) is 4.39 Å². The highest BCUT2D eigenvalue weighted by molar-refractivity contribution is 6.07. The van der Waals surface area contributed by atoms with Crippen molar-refractivity contribution in [3.05, 3.63) is 77.1 Å². The summed E-state index contributed by atoms with van der Waals surface area (Å²) >= 11 is 0. The highest BCUT2D eigenvalue weighted by atomic mass is 19.1. The first kappa shape index (κ1) is 13.0. The standard InChI is InChI=1S/C20H13FO2/c21-12-5-4-10-7-16-15(8-11(10)6-12)13-2-1-3-14-19(13)17(16)9-18(22)20(14)23/h1-9,18,20,22-23H. The van der Waals surface area contributed by atoms with Gasteiger partial charge in [-0.2, -0.15) is 0 Å². The van der Waals surface area contributed by atoms with Crippen LogP contribution in [-0.2, 0) is 0 Å². The molecule has 3 aromatic rings. The van der Waals surface area contributed by atoms with E-state index in [2.05, 4.69) is 0 Å². The maximum Gasteiger partial charge on any atom is 0.123 e. The monoisotopic (exact) mass is 304 g/mol. The van der Waals surface area contributed by atoms with E-state index in [1.165, 1.54) is 12.1 Å². The van der Waals surface area contributed by atoms with Crippen molar-refractivity contribution in [1.29, 1.82) is 0 Å². The highest BCUT2D eigenvalue weighted by Gasteiger charge is 2.34. The Balaban J connectivity index is 1.90. The zero-order valence-corrected chi connectivity index (χ0v) is 12.1. The summed E-state index contributed by atoms with van der Waals surface area (Å²) in [6.07, 6.45) is -0.102. The van der Waals surface area contributed by atoms with Crippen molar-refractivity contribution >= 4 is 16.3 Å². The molecule has 2 atom stereocenters. The number of aliphatic hydroxyl groups excluding tert-OH is 2. The Hall–Kier alpha value is -2.49. The van der Waals surface area contributed by atoms with Gasteiger partial charge in [-0.1, -0.05) is 24.3 Å². The molecule has 3 aromatic carbocycles. The predicted molar refractivity (Wildman–Crippen MR) is 87.4 cm³/mol. The highest BCUT2D eigenvalue weighted by Crippen LogP contribution is 2.50. The molecule has 0 aliphatic heterocycles. The van der Waals surface area contributed by atoms with Crippen LogP contribution in [0.3, 0.4) is 0 Å². The summed E-state index contributed by atoms with van der Waals surface area (Å²) in [5.74, 6) is -0.254. The summed E-state index contributed by atoms with van der Waals surface area (Å²) in [6, 6.07) is 14.5. The molecule has 2 nitrogen and oxygen atoms in total. The van der Waals surface area contributed by atoms with Gasteiger partial charge in [0.25, 0.3) is 0 Å². The van der Waals surface area contributed by atoms with Crippen molar-refractivity contribution in [2.24, 2.45) is 0 Å². The van der Waals surface area contributed by atoms with Crippen LogP contribution in [0, 0.1) is 5.82 Å². The second-order valence-corrected chi connectivity index (χ2v) is 6.17. The molecule has 0 saturated heterocycles. The van der Waals surface area contributed by atoms with Crippen LogP contribution < -0.4 is 0 Å². The van der Waals surface area contributed by atoms with Gasteiger partial charge in [-0.05, 0) is 74.5 Å². The fraction of sp³-hybridized carbons (Fsp3) is 0.100. The van der Waals surface area contributed by atoms with Crippen LogP contribution in [0.15, 0.2) is 54.6 Å². The molecule has 0 fully saturated rings. The van der Waals surface area contributed by atoms with Gasteiger partial charge < -0.3 is 10.2 Å². The molecule has 2 unspecified atom stereocenters. The van der Waals surface area contributed by atoms with Crippen molar-refractivity contribution in [3.8, 4) is 11.1 Å². The fourth-order valence-corrected chi connectivity index (χ4v) is 3.81. The Kier molecular flexibility index (Phi) is 2.42. The molecule has 23 heavy (non-hydrogen) atoms. The molecule has 2 aliphatic carbocycles. The lowest BCUT2D eigenvalue weighted by Gasteiger charge is -2.24. The largest absolute Gasteiger partial charge is 0.386 e. The van der Waals surface area contributed by atoms with Crippen LogP contribution in [0.1, 0.15) is 22.8 Å². The fourth-order valence-electron chi connectivity index (χ4n) is 3.81. The van der Waals surface area contributed by atoms with E-state index in [1.807, 2.05) is 30.3 Å². The molecule has 5 rings (SSSR count). The van der Waals surface area contributed by atoms with Gasteiger partial charge in [-0.15, -0.1) is 0 Å². The predicted octanol–water partition coefficient (Wildman–Crippen LogP) is 3.80. The minimum atomic E-state index is -0.914. The molecule has 0 aromatic heterocycles. The summed E-state index contributed by atoms with van der Waals surface area (Å²) < 4.78 is 13.5. The quantitative estimate of drug-likeness (QED) is 0.519. The van der Waals surface area contributed by atoms with Gasteiger partial charge in [-0.3, -0.25) is 0 Å². The van der Waals surface area contributed by atoms with E-state index in [4.69, 9.17) is 0 Å². The van der Waals surface area contributed by atoms with E-state index in [1.54, 1.807) is 12.1 Å². The third-order valence-electron chi connectivity index (χ3n) is 4.86. The van der Waals surface area contributed by atoms with Crippen molar-refractivity contribution in [2.45, 2.75) is 12.2 Å². The summed E-state index contributed by atoms with van der Waals surface area (Å²) in [5.41, 5.74) is 5.76. The molecule has 0 amide bonds. The topological polar surface area (TPSA) is 40.5 Å². The van der Waals surface area contributed by atoms with E-state index in [0.717, 1.165) is 44.2 Å². The summed E-state index contributed by atoms with van der Waals surface area (Å²) in [4.78, 5) is 0. The molecule has 112 valence electrons. The van der Waals surface area contributed by atoms with E-state index in [-0.39, 0.29) is 5.82 Å². The van der Waals surface area contributed by atoms with E-state index < -0.39 is 12.2 Å². The Labute approximate surface area is 132 Å². The minimum absolute atomic E-state index is 0.254. The van der Waals surface area contributed by atoms with Crippen molar-refractivity contribution < 1.29 is 14.6 Å². The number of hydrogen-bond acceptors (Lipinski definition) is 2. The lowest BCUT2D eigenvalue weighted by molar-refractivity contribution is 0.0467. The second kappa shape index (κ2) is 4.28. The lowest BCUT2D eigenvalue weighted by Crippen LogP contribution is -2.20. The van der Waals surface area contributed by atoms with Crippen molar-refractivity contribution in [2.75, 3.05) is 0 Å². The van der Waals surface area contributed by atoms with Crippen LogP contribution in [0.5, 0.6) is 0 Å². The molecule has 0 heterocycles. The Morgan fingerprint density at radius 3 is 2.52 bits per heavy atom. The number of halogens is 1. The molecule has 0 bridgehead atoms. The van der Waals surface area contributed by atoms with Gasteiger partial charge in [0, 0.05) is 0 Å². The van der Waals surface area contributed by atoms with Crippen LogP contribution in [0.4, 0.5) is 4.39 Å². The number of aliphatic hydroxyl groups is 2. The third kappa shape index (κ3) is 1.63. The van der Waals surface area contributed by atoms with Gasteiger partial charge >= 0.3 is 0 Å². The zero-order chi connectivity index (χ0) is 15.7. The number of hydrogen-bond donors (Lipinski definition) is 2.